The van der Waals surface area contributed by atoms with Crippen molar-refractivity contribution in [1.29, 1.82) is 0 Å². The van der Waals surface area contributed by atoms with Crippen LogP contribution < -0.4 is 0 Å². The summed E-state index contributed by atoms with van der Waals surface area (Å²) in [5, 5.41) is -0.174. The van der Waals surface area contributed by atoms with Crippen LogP contribution in [0.5, 0.6) is 0 Å². The Bertz CT molecular complexity index is 330. The average Bonchev–Trinajstić information content (AvgIpc) is 2.54. The van der Waals surface area contributed by atoms with E-state index in [0.717, 1.165) is 31.8 Å². The zero-order chi connectivity index (χ0) is 14.5. The molecular weight excluding hydrogens is 261 g/mol. The minimum Gasteiger partial charge on any atom is -0.381 e. The molecule has 1 aliphatic heterocycles. The van der Waals surface area contributed by atoms with E-state index in [9.17, 15) is 9.59 Å². The predicted octanol–water partition coefficient (Wildman–Crippen LogP) is 1.24. The zero-order valence-electron chi connectivity index (χ0n) is 12.4. The van der Waals surface area contributed by atoms with Gasteiger partial charge in [-0.1, -0.05) is 20.8 Å². The highest BCUT2D eigenvalue weighted by Crippen LogP contribution is 2.24. The summed E-state index contributed by atoms with van der Waals surface area (Å²) >= 11 is 1.57. The summed E-state index contributed by atoms with van der Waals surface area (Å²) in [4.78, 5) is 24.2. The summed E-state index contributed by atoms with van der Waals surface area (Å²) in [7, 11) is 1.56. The molecule has 0 aromatic heterocycles. The molecule has 0 saturated carbocycles. The molecule has 0 spiro atoms. The van der Waals surface area contributed by atoms with Gasteiger partial charge in [0.1, 0.15) is 0 Å². The first-order valence-electron chi connectivity index (χ1n) is 6.81. The van der Waals surface area contributed by atoms with E-state index in [4.69, 9.17) is 4.74 Å². The van der Waals surface area contributed by atoms with E-state index in [1.807, 2.05) is 0 Å². The van der Waals surface area contributed by atoms with Crippen LogP contribution in [0, 0.1) is 5.41 Å². The fourth-order valence-corrected chi connectivity index (χ4v) is 2.85. The van der Waals surface area contributed by atoms with Crippen LogP contribution in [0.3, 0.4) is 0 Å². The van der Waals surface area contributed by atoms with Crippen molar-refractivity contribution in [1.82, 2.24) is 4.81 Å². The molecule has 0 radical (unpaired) electrons. The molecule has 0 bridgehead atoms. The van der Waals surface area contributed by atoms with Gasteiger partial charge in [0.15, 0.2) is 0 Å². The van der Waals surface area contributed by atoms with Gasteiger partial charge in [-0.25, -0.2) is 0 Å². The first-order valence-corrected chi connectivity index (χ1v) is 7.86. The normalized spacial score (nSPS) is 20.4. The minimum atomic E-state index is -0.174. The number of thioether (sulfide) groups is 1. The molecular formula is C13H24BNO3S. The third-order valence-corrected chi connectivity index (χ3v) is 4.38. The second-order valence-electron chi connectivity index (χ2n) is 6.13. The molecule has 1 aliphatic rings. The Morgan fingerprint density at radius 2 is 2.05 bits per heavy atom. The van der Waals surface area contributed by atoms with Crippen LogP contribution in [0.15, 0.2) is 0 Å². The van der Waals surface area contributed by atoms with E-state index >= 15 is 0 Å². The van der Waals surface area contributed by atoms with E-state index in [-0.39, 0.29) is 17.1 Å². The molecule has 0 N–H and O–H groups in total. The Labute approximate surface area is 121 Å². The lowest BCUT2D eigenvalue weighted by Crippen LogP contribution is -2.28. The Kier molecular flexibility index (Phi) is 6.40. The van der Waals surface area contributed by atoms with Crippen LogP contribution in [0.4, 0.5) is 0 Å². The topological polar surface area (TPSA) is 46.6 Å². The molecule has 6 heteroatoms. The Balaban J connectivity index is 2.03. The second-order valence-corrected chi connectivity index (χ2v) is 7.44. The largest absolute Gasteiger partial charge is 0.381 e. The summed E-state index contributed by atoms with van der Waals surface area (Å²) in [5.74, 6) is 0.750. The standard InChI is InChI=1S/C13H24BNO3S/c1-13(2,3)5-7-18-6-4-8-19-10-9-11(16)15(14)12(10)17/h10H,4-9,14H2,1-3H3. The van der Waals surface area contributed by atoms with Crippen molar-refractivity contribution in [2.24, 2.45) is 5.41 Å². The smallest absolute Gasteiger partial charge is 0.231 e. The number of nitrogens with zero attached hydrogens (tertiary/aromatic N) is 1. The van der Waals surface area contributed by atoms with Gasteiger partial charge in [0.25, 0.3) is 0 Å². The predicted molar refractivity (Wildman–Crippen MR) is 80.8 cm³/mol. The number of imide groups is 1. The van der Waals surface area contributed by atoms with E-state index < -0.39 is 0 Å². The fraction of sp³-hybridized carbons (Fsp3) is 0.846. The van der Waals surface area contributed by atoms with E-state index in [0.29, 0.717) is 11.8 Å². The molecule has 1 fully saturated rings. The molecule has 1 unspecified atom stereocenters. The highest BCUT2D eigenvalue weighted by Gasteiger charge is 2.35. The van der Waals surface area contributed by atoms with Crippen molar-refractivity contribution < 1.29 is 14.3 Å². The highest BCUT2D eigenvalue weighted by atomic mass is 32.2. The molecule has 0 aromatic rings. The summed E-state index contributed by atoms with van der Waals surface area (Å²) in [6.45, 7) is 8.12. The first-order chi connectivity index (χ1) is 8.81. The molecule has 1 saturated heterocycles. The number of hydrogen-bond acceptors (Lipinski definition) is 4. The van der Waals surface area contributed by atoms with Gasteiger partial charge in [-0.3, -0.25) is 9.59 Å². The maximum Gasteiger partial charge on any atom is 0.231 e. The lowest BCUT2D eigenvalue weighted by atomic mass is 9.93. The van der Waals surface area contributed by atoms with Gasteiger partial charge in [-0.05, 0) is 24.0 Å². The van der Waals surface area contributed by atoms with E-state index in [1.165, 1.54) is 4.81 Å². The van der Waals surface area contributed by atoms with Gasteiger partial charge in [-0.2, -0.15) is 0 Å². The summed E-state index contributed by atoms with van der Waals surface area (Å²) < 4.78 is 5.57. The first kappa shape index (κ1) is 16.6. The molecule has 19 heavy (non-hydrogen) atoms. The number of carbonyl (C=O) groups is 2. The van der Waals surface area contributed by atoms with Crippen molar-refractivity contribution in [3.63, 3.8) is 0 Å². The molecule has 1 heterocycles. The molecule has 1 atom stereocenters. The van der Waals surface area contributed by atoms with Gasteiger partial charge in [0.2, 0.25) is 19.8 Å². The number of amides is 2. The molecule has 4 nitrogen and oxygen atoms in total. The van der Waals surface area contributed by atoms with Gasteiger partial charge in [-0.15, -0.1) is 11.8 Å². The van der Waals surface area contributed by atoms with Crippen molar-refractivity contribution in [2.45, 2.75) is 45.3 Å². The maximum absolute atomic E-state index is 11.6. The molecule has 0 aromatic carbocycles. The summed E-state index contributed by atoms with van der Waals surface area (Å²) in [6.07, 6.45) is 2.34. The maximum atomic E-state index is 11.6. The number of carbonyl (C=O) groups excluding carboxylic acids is 2. The van der Waals surface area contributed by atoms with Gasteiger partial charge < -0.3 is 9.55 Å². The van der Waals surface area contributed by atoms with Crippen molar-refractivity contribution in [3.8, 4) is 0 Å². The Morgan fingerprint density at radius 3 is 2.58 bits per heavy atom. The number of ether oxygens (including phenoxy) is 1. The van der Waals surface area contributed by atoms with Gasteiger partial charge >= 0.3 is 0 Å². The third kappa shape index (κ3) is 6.00. The second kappa shape index (κ2) is 7.34. The van der Waals surface area contributed by atoms with Gasteiger partial charge in [0, 0.05) is 19.6 Å². The van der Waals surface area contributed by atoms with Crippen LogP contribution in [-0.4, -0.2) is 48.8 Å². The van der Waals surface area contributed by atoms with Crippen LogP contribution in [0.25, 0.3) is 0 Å². The lowest BCUT2D eigenvalue weighted by Gasteiger charge is -2.17. The van der Waals surface area contributed by atoms with Crippen LogP contribution in [0.1, 0.15) is 40.0 Å². The monoisotopic (exact) mass is 285 g/mol. The summed E-state index contributed by atoms with van der Waals surface area (Å²) in [6, 6.07) is 0. The van der Waals surface area contributed by atoms with Crippen LogP contribution >= 0.6 is 11.8 Å². The summed E-state index contributed by atoms with van der Waals surface area (Å²) in [5.41, 5.74) is 0.315. The van der Waals surface area contributed by atoms with Crippen LogP contribution in [-0.2, 0) is 14.3 Å². The lowest BCUT2D eigenvalue weighted by molar-refractivity contribution is -0.132. The molecule has 1 rings (SSSR count). The fourth-order valence-electron chi connectivity index (χ4n) is 1.72. The third-order valence-electron chi connectivity index (χ3n) is 3.09. The molecule has 2 amide bonds. The zero-order valence-corrected chi connectivity index (χ0v) is 13.2. The molecule has 108 valence electrons. The quantitative estimate of drug-likeness (QED) is 0.401. The van der Waals surface area contributed by atoms with E-state index in [2.05, 4.69) is 20.8 Å². The number of rotatable bonds is 7. The van der Waals surface area contributed by atoms with E-state index in [1.54, 1.807) is 19.7 Å². The SMILES string of the molecule is BN1C(=O)CC(SCCCOCCC(C)(C)C)C1=O. The van der Waals surface area contributed by atoms with Crippen molar-refractivity contribution in [2.75, 3.05) is 19.0 Å². The van der Waals surface area contributed by atoms with Crippen molar-refractivity contribution >= 4 is 31.6 Å². The Morgan fingerprint density at radius 1 is 1.37 bits per heavy atom. The van der Waals surface area contributed by atoms with Gasteiger partial charge in [0.05, 0.1) is 5.25 Å². The average molecular weight is 285 g/mol. The van der Waals surface area contributed by atoms with Crippen molar-refractivity contribution in [3.05, 3.63) is 0 Å². The number of hydrogen-bond donors (Lipinski definition) is 0. The molecule has 0 aliphatic carbocycles. The van der Waals surface area contributed by atoms with Crippen LogP contribution in [0.2, 0.25) is 0 Å². The minimum absolute atomic E-state index is 0.0522. The Hall–Kier alpha value is -0.485. The highest BCUT2D eigenvalue weighted by molar-refractivity contribution is 8.00.